The largest absolute Gasteiger partial charge is 0.464 e. The highest BCUT2D eigenvalue weighted by molar-refractivity contribution is 5.75. The molecule has 0 spiro atoms. The zero-order chi connectivity index (χ0) is 23.8. The molecule has 12 heteroatoms. The Bertz CT molecular complexity index is 566. The quantitative estimate of drug-likeness (QED) is 0.141. The van der Waals surface area contributed by atoms with Gasteiger partial charge in [0.2, 0.25) is 0 Å². The van der Waals surface area contributed by atoms with Gasteiger partial charge in [-0.3, -0.25) is 0 Å². The van der Waals surface area contributed by atoms with Gasteiger partial charge in [0.15, 0.2) is 18.7 Å². The highest BCUT2D eigenvalue weighted by atomic mass is 16.7. The van der Waals surface area contributed by atoms with Gasteiger partial charge in [0.25, 0.3) is 0 Å². The topological polar surface area (TPSA) is 190 Å². The Labute approximate surface area is 187 Å². The van der Waals surface area contributed by atoms with E-state index in [-0.39, 0.29) is 13.2 Å². The van der Waals surface area contributed by atoms with Crippen LogP contribution >= 0.6 is 0 Å². The van der Waals surface area contributed by atoms with Gasteiger partial charge in [-0.05, 0) is 12.8 Å². The molecule has 0 amide bonds. The predicted molar refractivity (Wildman–Crippen MR) is 108 cm³/mol. The highest BCUT2D eigenvalue weighted by Gasteiger charge is 2.52. The summed E-state index contributed by atoms with van der Waals surface area (Å²) < 4.78 is 27.4. The molecule has 188 valence electrons. The highest BCUT2D eigenvalue weighted by Crippen LogP contribution is 2.29. The molecule has 0 aromatic heterocycles. The molecule has 2 saturated heterocycles. The fourth-order valence-corrected chi connectivity index (χ4v) is 3.44. The zero-order valence-electron chi connectivity index (χ0n) is 18.5. The number of aliphatic hydroxyl groups is 5. The molecule has 2 aliphatic heterocycles. The van der Waals surface area contributed by atoms with Crippen LogP contribution in [0.3, 0.4) is 0 Å². The first-order chi connectivity index (χ1) is 15.3. The molecule has 0 radical (unpaired) electrons. The summed E-state index contributed by atoms with van der Waals surface area (Å²) in [7, 11) is 0. The fourth-order valence-electron chi connectivity index (χ4n) is 3.44. The van der Waals surface area contributed by atoms with E-state index in [1.165, 1.54) is 0 Å². The van der Waals surface area contributed by atoms with E-state index in [4.69, 9.17) is 29.4 Å². The minimum absolute atomic E-state index is 0.124. The summed E-state index contributed by atoms with van der Waals surface area (Å²) in [5, 5.41) is 50.7. The van der Waals surface area contributed by atoms with Crippen molar-refractivity contribution in [1.82, 2.24) is 0 Å². The van der Waals surface area contributed by atoms with Gasteiger partial charge in [-0.2, -0.15) is 0 Å². The van der Waals surface area contributed by atoms with Crippen LogP contribution in [0.15, 0.2) is 0 Å². The van der Waals surface area contributed by atoms with Crippen molar-refractivity contribution in [2.24, 2.45) is 5.73 Å². The minimum atomic E-state index is -1.65. The van der Waals surface area contributed by atoms with Crippen molar-refractivity contribution in [1.29, 1.82) is 0 Å². The second-order valence-electron chi connectivity index (χ2n) is 8.04. The number of carbonyl (C=O) groups excluding carboxylic acids is 1. The Morgan fingerprint density at radius 1 is 0.906 bits per heavy atom. The zero-order valence-corrected chi connectivity index (χ0v) is 18.5. The summed E-state index contributed by atoms with van der Waals surface area (Å²) in [5.74, 6) is -0.831. The second-order valence-corrected chi connectivity index (χ2v) is 8.04. The maximum atomic E-state index is 12.7. The van der Waals surface area contributed by atoms with Gasteiger partial charge in [0, 0.05) is 6.61 Å². The van der Waals surface area contributed by atoms with E-state index < -0.39 is 73.9 Å². The van der Waals surface area contributed by atoms with E-state index in [2.05, 4.69) is 0 Å². The summed E-state index contributed by atoms with van der Waals surface area (Å²) in [4.78, 5) is 12.7. The number of aliphatic hydroxyl groups excluding tert-OH is 5. The lowest BCUT2D eigenvalue weighted by Gasteiger charge is -2.45. The van der Waals surface area contributed by atoms with Crippen molar-refractivity contribution in [2.75, 3.05) is 19.8 Å². The Morgan fingerprint density at radius 2 is 1.56 bits per heavy atom. The van der Waals surface area contributed by atoms with Crippen LogP contribution in [0, 0.1) is 0 Å². The molecule has 0 bridgehead atoms. The predicted octanol–water partition coefficient (Wildman–Crippen LogP) is -2.26. The number of unbranched alkanes of at least 4 members (excludes halogenated alkanes) is 2. The molecular weight excluding hydrogens is 430 g/mol. The van der Waals surface area contributed by atoms with Gasteiger partial charge < -0.3 is 55.0 Å². The first kappa shape index (κ1) is 27.3. The van der Waals surface area contributed by atoms with Crippen molar-refractivity contribution in [3.05, 3.63) is 0 Å². The third kappa shape index (κ3) is 6.56. The molecule has 2 aliphatic rings. The summed E-state index contributed by atoms with van der Waals surface area (Å²) in [6, 6.07) is -1.27. The monoisotopic (exact) mass is 467 g/mol. The molecule has 0 aromatic rings. The van der Waals surface area contributed by atoms with Crippen LogP contribution in [-0.2, 0) is 28.5 Å². The van der Waals surface area contributed by atoms with E-state index in [9.17, 15) is 30.3 Å². The number of rotatable bonds is 11. The van der Waals surface area contributed by atoms with E-state index in [0.717, 1.165) is 12.8 Å². The molecule has 2 rings (SSSR count). The van der Waals surface area contributed by atoms with E-state index >= 15 is 0 Å². The second kappa shape index (κ2) is 13.1. The maximum absolute atomic E-state index is 12.7. The van der Waals surface area contributed by atoms with Crippen LogP contribution in [0.25, 0.3) is 0 Å². The Balaban J connectivity index is 2.19. The van der Waals surface area contributed by atoms with Crippen LogP contribution in [0.2, 0.25) is 0 Å². The molecule has 12 nitrogen and oxygen atoms in total. The van der Waals surface area contributed by atoms with Gasteiger partial charge in [0.05, 0.1) is 19.3 Å². The molecule has 32 heavy (non-hydrogen) atoms. The van der Waals surface area contributed by atoms with E-state index in [0.29, 0.717) is 12.8 Å². The van der Waals surface area contributed by atoms with Crippen molar-refractivity contribution in [3.63, 3.8) is 0 Å². The molecule has 0 aliphatic carbocycles. The summed E-state index contributed by atoms with van der Waals surface area (Å²) >= 11 is 0. The third-order valence-electron chi connectivity index (χ3n) is 5.52. The number of hydrogen-bond acceptors (Lipinski definition) is 12. The summed E-state index contributed by atoms with van der Waals surface area (Å²) in [5.41, 5.74) is 5.89. The van der Waals surface area contributed by atoms with E-state index in [1.807, 2.05) is 13.8 Å². The van der Waals surface area contributed by atoms with Gasteiger partial charge >= 0.3 is 5.97 Å². The van der Waals surface area contributed by atoms with Crippen molar-refractivity contribution < 1.29 is 54.0 Å². The molecular formula is C20H37NO11. The van der Waals surface area contributed by atoms with Gasteiger partial charge in [0.1, 0.15) is 36.6 Å². The Hall–Kier alpha value is -0.930. The standard InChI is InChI=1S/C20H37NO11/c1-3-5-7-28-18(27)17-16(14(25)15(26)20(32-17)29-8-6-4-2)31-19-11(21)13(24)12(23)10(9-22)30-19/h10-17,19-20,22-26H,3-9,21H2,1-2H3/t10-,11-,12-,13-,14-,15-,16+,17-,19-,20-/m1/s1. The number of esters is 1. The molecule has 7 N–H and O–H groups in total. The molecule has 2 heterocycles. The minimum Gasteiger partial charge on any atom is -0.464 e. The van der Waals surface area contributed by atoms with Crippen LogP contribution in [0.4, 0.5) is 0 Å². The van der Waals surface area contributed by atoms with Crippen molar-refractivity contribution in [2.45, 2.75) is 101 Å². The average molecular weight is 468 g/mol. The molecule has 0 unspecified atom stereocenters. The lowest BCUT2D eigenvalue weighted by atomic mass is 9.96. The Morgan fingerprint density at radius 3 is 2.19 bits per heavy atom. The Kier molecular flexibility index (Phi) is 11.2. The fraction of sp³-hybridized carbons (Fsp3) is 0.950. The number of ether oxygens (including phenoxy) is 5. The smallest absolute Gasteiger partial charge is 0.338 e. The van der Waals surface area contributed by atoms with Crippen LogP contribution in [0.1, 0.15) is 39.5 Å². The summed E-state index contributed by atoms with van der Waals surface area (Å²) in [6.45, 7) is 3.61. The number of carbonyl (C=O) groups is 1. The maximum Gasteiger partial charge on any atom is 0.338 e. The molecule has 2 fully saturated rings. The first-order valence-corrected chi connectivity index (χ1v) is 11.1. The van der Waals surface area contributed by atoms with Crippen LogP contribution in [0.5, 0.6) is 0 Å². The molecule has 10 atom stereocenters. The lowest BCUT2D eigenvalue weighted by molar-refractivity contribution is -0.340. The normalized spacial score (nSPS) is 40.2. The SMILES string of the molecule is CCCCOC(=O)[C@@H]1O[C@@H](OCCCC)[C@H](O)[C@@H](O)[C@@H]1O[C@H]1O[C@H](CO)[C@@H](O)[C@H](O)[C@H]1N. The number of hydrogen-bond donors (Lipinski definition) is 6. The number of nitrogens with two attached hydrogens (primary N) is 1. The van der Waals surface area contributed by atoms with E-state index in [1.54, 1.807) is 0 Å². The molecule has 0 aromatic carbocycles. The van der Waals surface area contributed by atoms with Crippen LogP contribution in [-0.4, -0.2) is 113 Å². The van der Waals surface area contributed by atoms with Crippen LogP contribution < -0.4 is 5.73 Å². The van der Waals surface area contributed by atoms with Crippen molar-refractivity contribution >= 4 is 5.97 Å². The van der Waals surface area contributed by atoms with Gasteiger partial charge in [-0.1, -0.05) is 26.7 Å². The van der Waals surface area contributed by atoms with Crippen molar-refractivity contribution in [3.8, 4) is 0 Å². The third-order valence-corrected chi connectivity index (χ3v) is 5.52. The first-order valence-electron chi connectivity index (χ1n) is 11.1. The van der Waals surface area contributed by atoms with Gasteiger partial charge in [-0.25, -0.2) is 4.79 Å². The molecule has 0 saturated carbocycles. The van der Waals surface area contributed by atoms with Gasteiger partial charge in [-0.15, -0.1) is 0 Å². The summed E-state index contributed by atoms with van der Waals surface area (Å²) in [6.07, 6.45) is -10.1. The average Bonchev–Trinajstić information content (AvgIpc) is 2.78. The lowest BCUT2D eigenvalue weighted by Crippen LogP contribution is -2.67.